The fourth-order valence-electron chi connectivity index (χ4n) is 2.57. The molecule has 1 aliphatic rings. The lowest BCUT2D eigenvalue weighted by Crippen LogP contribution is -2.66. The Morgan fingerprint density at radius 2 is 1.70 bits per heavy atom. The average molecular weight is 392 g/mol. The molecule has 5 unspecified atom stereocenters. The van der Waals surface area contributed by atoms with Crippen molar-refractivity contribution in [2.75, 3.05) is 19.8 Å². The molecule has 1 fully saturated rings. The monoisotopic (exact) mass is 391 g/mol. The molecule has 5 N–H and O–H groups in total. The van der Waals surface area contributed by atoms with Crippen molar-refractivity contribution < 1.29 is 34.7 Å². The zero-order valence-electron chi connectivity index (χ0n) is 17.3. The highest BCUT2D eigenvalue weighted by Gasteiger charge is 2.48. The van der Waals surface area contributed by atoms with Gasteiger partial charge in [-0.2, -0.15) is 0 Å². The zero-order chi connectivity index (χ0) is 21.4. The first-order valence-corrected chi connectivity index (χ1v) is 9.18. The molecule has 0 saturated carbocycles. The molecule has 160 valence electrons. The Bertz CT molecular complexity index is 457. The van der Waals surface area contributed by atoms with Crippen LogP contribution in [0.2, 0.25) is 0 Å². The molecule has 0 amide bonds. The molecule has 8 heteroatoms. The molecular formula is C19H37NO7. The van der Waals surface area contributed by atoms with Crippen molar-refractivity contribution in [3.63, 3.8) is 0 Å². The lowest BCUT2D eigenvalue weighted by Gasteiger charge is -2.48. The number of ether oxygens (including phenoxy) is 2. The Morgan fingerprint density at radius 3 is 2.11 bits per heavy atom. The average Bonchev–Trinajstić information content (AvgIpc) is 2.48. The normalized spacial score (nSPS) is 28.4. The van der Waals surface area contributed by atoms with Gasteiger partial charge in [-0.3, -0.25) is 0 Å². The van der Waals surface area contributed by atoms with Crippen LogP contribution in [0, 0.1) is 11.3 Å². The first-order chi connectivity index (χ1) is 12.3. The number of aliphatic hydroxyl groups is 3. The number of hydrogen-bond acceptors (Lipinski definition) is 7. The molecule has 0 aliphatic carbocycles. The molecule has 1 heterocycles. The molecule has 1 saturated heterocycles. The molecule has 8 nitrogen and oxygen atoms in total. The van der Waals surface area contributed by atoms with Crippen LogP contribution in [0.5, 0.6) is 0 Å². The van der Waals surface area contributed by atoms with Gasteiger partial charge in [0, 0.05) is 0 Å². The fourth-order valence-corrected chi connectivity index (χ4v) is 2.57. The largest absolute Gasteiger partial charge is 0.512 e. The van der Waals surface area contributed by atoms with Crippen molar-refractivity contribution in [3.8, 4) is 0 Å². The predicted octanol–water partition coefficient (Wildman–Crippen LogP) is 1.32. The standard InChI is InChI=1S/C15H27NO7.C4H10/c1-8(17)5-16-11-13(21)12(20)9(6-22-7-10(18)19)23-14(11)15(2,3)4;1-4(2)3/h9,11-14,16-17,20-21H,1,5-7H2,2-4H3,(H,18,19);4H,1-3H3. The smallest absolute Gasteiger partial charge is 0.329 e. The van der Waals surface area contributed by atoms with E-state index in [2.05, 4.69) is 32.7 Å². The summed E-state index contributed by atoms with van der Waals surface area (Å²) in [7, 11) is 0. The molecule has 0 aromatic rings. The Kier molecular flexibility index (Phi) is 11.1. The minimum Gasteiger partial charge on any atom is -0.512 e. The maximum atomic E-state index is 10.5. The van der Waals surface area contributed by atoms with Crippen LogP contribution in [0.15, 0.2) is 12.3 Å². The van der Waals surface area contributed by atoms with E-state index < -0.39 is 43.0 Å². The van der Waals surface area contributed by atoms with Crippen molar-refractivity contribution in [2.24, 2.45) is 11.3 Å². The highest BCUT2D eigenvalue weighted by atomic mass is 16.6. The van der Waals surface area contributed by atoms with Gasteiger partial charge in [0.1, 0.15) is 24.9 Å². The minimum atomic E-state index is -1.24. The van der Waals surface area contributed by atoms with Gasteiger partial charge in [0.25, 0.3) is 0 Å². The van der Waals surface area contributed by atoms with Crippen LogP contribution in [0.1, 0.15) is 41.5 Å². The van der Waals surface area contributed by atoms with Crippen LogP contribution in [-0.4, -0.2) is 76.6 Å². The third-order valence-corrected chi connectivity index (χ3v) is 3.65. The van der Waals surface area contributed by atoms with Gasteiger partial charge in [0.15, 0.2) is 0 Å². The molecular weight excluding hydrogens is 354 g/mol. The fraction of sp³-hybridized carbons (Fsp3) is 0.842. The van der Waals surface area contributed by atoms with Crippen molar-refractivity contribution >= 4 is 5.97 Å². The molecule has 0 aromatic carbocycles. The summed E-state index contributed by atoms with van der Waals surface area (Å²) in [5.74, 6) is -0.379. The summed E-state index contributed by atoms with van der Waals surface area (Å²) in [4.78, 5) is 10.5. The summed E-state index contributed by atoms with van der Waals surface area (Å²) < 4.78 is 10.8. The van der Waals surface area contributed by atoms with E-state index in [1.807, 2.05) is 20.8 Å². The molecule has 27 heavy (non-hydrogen) atoms. The molecule has 0 aromatic heterocycles. The van der Waals surface area contributed by atoms with Crippen molar-refractivity contribution in [1.29, 1.82) is 0 Å². The van der Waals surface area contributed by atoms with Gasteiger partial charge in [0.2, 0.25) is 0 Å². The van der Waals surface area contributed by atoms with Crippen LogP contribution in [-0.2, 0) is 14.3 Å². The van der Waals surface area contributed by atoms with E-state index in [1.165, 1.54) is 0 Å². The number of nitrogens with one attached hydrogen (secondary N) is 1. The third-order valence-electron chi connectivity index (χ3n) is 3.65. The van der Waals surface area contributed by atoms with Crippen LogP contribution < -0.4 is 5.32 Å². The second kappa shape index (κ2) is 11.6. The predicted molar refractivity (Wildman–Crippen MR) is 103 cm³/mol. The Balaban J connectivity index is 0.00000153. The minimum absolute atomic E-state index is 0.0601. The quantitative estimate of drug-likeness (QED) is 0.411. The van der Waals surface area contributed by atoms with E-state index in [4.69, 9.17) is 14.6 Å². The maximum absolute atomic E-state index is 10.5. The summed E-state index contributed by atoms with van der Waals surface area (Å²) in [6, 6.07) is -0.621. The van der Waals surface area contributed by atoms with Gasteiger partial charge in [0.05, 0.1) is 31.1 Å². The topological polar surface area (TPSA) is 128 Å². The van der Waals surface area contributed by atoms with E-state index in [9.17, 15) is 20.1 Å². The van der Waals surface area contributed by atoms with E-state index >= 15 is 0 Å². The highest BCUT2D eigenvalue weighted by Crippen LogP contribution is 2.33. The summed E-state index contributed by atoms with van der Waals surface area (Å²) in [5.41, 5.74) is -0.374. The van der Waals surface area contributed by atoms with Gasteiger partial charge in [-0.15, -0.1) is 0 Å². The lowest BCUT2D eigenvalue weighted by atomic mass is 9.78. The van der Waals surface area contributed by atoms with E-state index in [0.717, 1.165) is 5.92 Å². The Hall–Kier alpha value is -1.19. The van der Waals surface area contributed by atoms with Crippen LogP contribution in [0.3, 0.4) is 0 Å². The SMILES string of the molecule is C=C(O)CNC1C(O)C(O)C(COCC(=O)O)OC1C(C)(C)C.CC(C)C. The number of hydrogen-bond donors (Lipinski definition) is 5. The maximum Gasteiger partial charge on any atom is 0.329 e. The van der Waals surface area contributed by atoms with Gasteiger partial charge in [-0.25, -0.2) is 4.79 Å². The number of aliphatic hydroxyl groups excluding tert-OH is 3. The van der Waals surface area contributed by atoms with Crippen molar-refractivity contribution in [1.82, 2.24) is 5.32 Å². The van der Waals surface area contributed by atoms with Crippen LogP contribution in [0.4, 0.5) is 0 Å². The number of carboxylic acids is 1. The lowest BCUT2D eigenvalue weighted by molar-refractivity contribution is -0.221. The molecule has 0 spiro atoms. The van der Waals surface area contributed by atoms with Gasteiger partial charge >= 0.3 is 5.97 Å². The molecule has 0 radical (unpaired) electrons. The van der Waals surface area contributed by atoms with Gasteiger partial charge < -0.3 is 35.2 Å². The molecule has 1 aliphatic heterocycles. The van der Waals surface area contributed by atoms with Crippen molar-refractivity contribution in [3.05, 3.63) is 12.3 Å². The molecule has 0 bridgehead atoms. The number of carbonyl (C=O) groups is 1. The second-order valence-electron chi connectivity index (χ2n) is 8.56. The number of carboxylic acid groups (broad SMARTS) is 1. The Morgan fingerprint density at radius 1 is 1.19 bits per heavy atom. The second-order valence-corrected chi connectivity index (χ2v) is 8.56. The van der Waals surface area contributed by atoms with Gasteiger partial charge in [-0.05, 0) is 11.3 Å². The van der Waals surface area contributed by atoms with E-state index in [0.29, 0.717) is 0 Å². The highest BCUT2D eigenvalue weighted by molar-refractivity contribution is 5.67. The number of aliphatic carboxylic acids is 1. The first-order valence-electron chi connectivity index (χ1n) is 9.18. The summed E-state index contributed by atoms with van der Waals surface area (Å²) >= 11 is 0. The Labute approximate surface area is 162 Å². The molecule has 1 rings (SSSR count). The van der Waals surface area contributed by atoms with Crippen LogP contribution in [0.25, 0.3) is 0 Å². The van der Waals surface area contributed by atoms with E-state index in [1.54, 1.807) is 0 Å². The van der Waals surface area contributed by atoms with Gasteiger partial charge in [-0.1, -0.05) is 48.1 Å². The summed E-state index contributed by atoms with van der Waals surface area (Å²) in [6.07, 6.45) is -3.74. The van der Waals surface area contributed by atoms with Crippen molar-refractivity contribution in [2.45, 2.75) is 72.0 Å². The molecule has 5 atom stereocenters. The number of rotatable bonds is 7. The zero-order valence-corrected chi connectivity index (χ0v) is 17.3. The van der Waals surface area contributed by atoms with E-state index in [-0.39, 0.29) is 24.3 Å². The first kappa shape index (κ1) is 25.8. The summed E-state index contributed by atoms with van der Waals surface area (Å²) in [5, 5.41) is 41.3. The van der Waals surface area contributed by atoms with Crippen LogP contribution >= 0.6 is 0 Å². The third kappa shape index (κ3) is 10.1. The summed E-state index contributed by atoms with van der Waals surface area (Å²) in [6.45, 7) is 15.0.